The third-order valence-corrected chi connectivity index (χ3v) is 3.53. The van der Waals surface area contributed by atoms with Crippen molar-refractivity contribution < 1.29 is 13.9 Å². The van der Waals surface area contributed by atoms with Crippen LogP contribution in [0.3, 0.4) is 0 Å². The fourth-order valence-corrected chi connectivity index (χ4v) is 2.30. The summed E-state index contributed by atoms with van der Waals surface area (Å²) in [4.78, 5) is 11.8. The lowest BCUT2D eigenvalue weighted by Crippen LogP contribution is -2.43. The molecular formula is C15H21FN2O2. The Kier molecular flexibility index (Phi) is 5.49. The zero-order chi connectivity index (χ0) is 14.4. The quantitative estimate of drug-likeness (QED) is 0.864. The maximum Gasteiger partial charge on any atom is 0.234 e. The maximum absolute atomic E-state index is 13.6. The summed E-state index contributed by atoms with van der Waals surface area (Å²) in [5.74, 6) is -0.308. The van der Waals surface area contributed by atoms with Crippen molar-refractivity contribution in [2.24, 2.45) is 0 Å². The molecule has 1 amide bonds. The monoisotopic (exact) mass is 280 g/mol. The highest BCUT2D eigenvalue weighted by atomic mass is 19.1. The molecule has 0 bridgehead atoms. The molecule has 0 aromatic heterocycles. The average Bonchev–Trinajstić information content (AvgIpc) is 2.46. The van der Waals surface area contributed by atoms with Crippen molar-refractivity contribution in [3.8, 4) is 0 Å². The summed E-state index contributed by atoms with van der Waals surface area (Å²) < 4.78 is 18.8. The molecule has 0 radical (unpaired) electrons. The van der Waals surface area contributed by atoms with E-state index in [1.807, 2.05) is 6.92 Å². The molecule has 2 rings (SSSR count). The zero-order valence-electron chi connectivity index (χ0n) is 11.7. The molecule has 1 atom stereocenters. The molecule has 0 saturated carbocycles. The zero-order valence-corrected chi connectivity index (χ0v) is 11.7. The first-order valence-electron chi connectivity index (χ1n) is 7.01. The van der Waals surface area contributed by atoms with Crippen LogP contribution in [-0.2, 0) is 9.53 Å². The molecule has 110 valence electrons. The van der Waals surface area contributed by atoms with Gasteiger partial charge in [-0.25, -0.2) is 4.39 Å². The molecule has 0 spiro atoms. The number of amides is 1. The summed E-state index contributed by atoms with van der Waals surface area (Å²) in [5, 5.41) is 6.01. The van der Waals surface area contributed by atoms with Gasteiger partial charge < -0.3 is 15.4 Å². The minimum atomic E-state index is -0.252. The summed E-state index contributed by atoms with van der Waals surface area (Å²) in [5.41, 5.74) is 0.575. The number of carbonyl (C=O) groups is 1. The maximum atomic E-state index is 13.6. The normalized spacial score (nSPS) is 17.7. The molecule has 20 heavy (non-hydrogen) atoms. The fraction of sp³-hybridized carbons (Fsp3) is 0.533. The van der Waals surface area contributed by atoms with Crippen LogP contribution < -0.4 is 10.6 Å². The van der Waals surface area contributed by atoms with E-state index in [2.05, 4.69) is 10.6 Å². The van der Waals surface area contributed by atoms with E-state index >= 15 is 0 Å². The molecule has 4 nitrogen and oxygen atoms in total. The third kappa shape index (κ3) is 4.28. The van der Waals surface area contributed by atoms with E-state index in [0.29, 0.717) is 18.8 Å². The van der Waals surface area contributed by atoms with Gasteiger partial charge in [-0.3, -0.25) is 4.79 Å². The molecule has 0 unspecified atom stereocenters. The lowest BCUT2D eigenvalue weighted by atomic mass is 10.1. The predicted octanol–water partition coefficient (Wildman–Crippen LogP) is 1.77. The van der Waals surface area contributed by atoms with Gasteiger partial charge in [0.1, 0.15) is 5.82 Å². The Balaban J connectivity index is 1.76. The van der Waals surface area contributed by atoms with E-state index < -0.39 is 0 Å². The molecular weight excluding hydrogens is 259 g/mol. The number of hydrogen-bond donors (Lipinski definition) is 2. The lowest BCUT2D eigenvalue weighted by molar-refractivity contribution is -0.121. The summed E-state index contributed by atoms with van der Waals surface area (Å²) in [7, 11) is 0. The van der Waals surface area contributed by atoms with Crippen LogP contribution in [0.15, 0.2) is 24.3 Å². The van der Waals surface area contributed by atoms with E-state index in [1.54, 1.807) is 18.2 Å². The Morgan fingerprint density at radius 1 is 1.40 bits per heavy atom. The van der Waals surface area contributed by atoms with E-state index in [1.165, 1.54) is 6.07 Å². The predicted molar refractivity (Wildman–Crippen MR) is 74.8 cm³/mol. The second kappa shape index (κ2) is 7.36. The summed E-state index contributed by atoms with van der Waals surface area (Å²) >= 11 is 0. The molecule has 0 aliphatic carbocycles. The molecule has 1 heterocycles. The summed E-state index contributed by atoms with van der Waals surface area (Å²) in [6, 6.07) is 6.60. The lowest BCUT2D eigenvalue weighted by Gasteiger charge is -2.23. The second-order valence-electron chi connectivity index (χ2n) is 5.08. The number of rotatable bonds is 5. The van der Waals surface area contributed by atoms with Crippen molar-refractivity contribution in [3.63, 3.8) is 0 Å². The van der Waals surface area contributed by atoms with Gasteiger partial charge in [0.15, 0.2) is 0 Å². The van der Waals surface area contributed by atoms with Crippen molar-refractivity contribution >= 4 is 5.91 Å². The van der Waals surface area contributed by atoms with Gasteiger partial charge in [0.2, 0.25) is 5.91 Å². The number of hydrogen-bond acceptors (Lipinski definition) is 3. The van der Waals surface area contributed by atoms with Gasteiger partial charge in [0.05, 0.1) is 6.54 Å². The van der Waals surface area contributed by atoms with Crippen LogP contribution in [0.4, 0.5) is 4.39 Å². The van der Waals surface area contributed by atoms with E-state index in [-0.39, 0.29) is 30.4 Å². The highest BCUT2D eigenvalue weighted by Crippen LogP contribution is 2.15. The second-order valence-corrected chi connectivity index (χ2v) is 5.08. The Morgan fingerprint density at radius 2 is 2.10 bits per heavy atom. The molecule has 1 saturated heterocycles. The van der Waals surface area contributed by atoms with E-state index in [4.69, 9.17) is 4.74 Å². The highest BCUT2D eigenvalue weighted by molar-refractivity contribution is 5.78. The first-order chi connectivity index (χ1) is 9.66. The van der Waals surface area contributed by atoms with Crippen LogP contribution in [-0.4, -0.2) is 31.7 Å². The topological polar surface area (TPSA) is 50.4 Å². The Morgan fingerprint density at radius 3 is 2.80 bits per heavy atom. The van der Waals surface area contributed by atoms with Crippen molar-refractivity contribution in [1.82, 2.24) is 10.6 Å². The molecule has 1 aromatic carbocycles. The van der Waals surface area contributed by atoms with Gasteiger partial charge in [0, 0.05) is 30.9 Å². The van der Waals surface area contributed by atoms with Crippen LogP contribution >= 0.6 is 0 Å². The van der Waals surface area contributed by atoms with E-state index in [9.17, 15) is 9.18 Å². The van der Waals surface area contributed by atoms with Gasteiger partial charge in [-0.1, -0.05) is 18.2 Å². The smallest absolute Gasteiger partial charge is 0.234 e. The van der Waals surface area contributed by atoms with Crippen LogP contribution in [0.5, 0.6) is 0 Å². The standard InChI is InChI=1S/C15H21FN2O2/c1-11(13-4-2-3-5-14(13)16)17-10-15(19)18-12-6-8-20-9-7-12/h2-5,11-12,17H,6-10H2,1H3,(H,18,19)/t11-/m1/s1. The molecule has 1 aliphatic heterocycles. The summed E-state index contributed by atoms with van der Waals surface area (Å²) in [6.45, 7) is 3.43. The fourth-order valence-electron chi connectivity index (χ4n) is 2.30. The van der Waals surface area contributed by atoms with Gasteiger partial charge in [-0.05, 0) is 25.8 Å². The Bertz CT molecular complexity index is 447. The molecule has 5 heteroatoms. The Hall–Kier alpha value is -1.46. The minimum Gasteiger partial charge on any atom is -0.381 e. The van der Waals surface area contributed by atoms with Crippen LogP contribution in [0.2, 0.25) is 0 Å². The van der Waals surface area contributed by atoms with Crippen molar-refractivity contribution in [1.29, 1.82) is 0 Å². The minimum absolute atomic E-state index is 0.0555. The van der Waals surface area contributed by atoms with Crippen molar-refractivity contribution in [2.45, 2.75) is 31.8 Å². The molecule has 1 aromatic rings. The van der Waals surface area contributed by atoms with Crippen molar-refractivity contribution in [2.75, 3.05) is 19.8 Å². The van der Waals surface area contributed by atoms with Crippen LogP contribution in [0.25, 0.3) is 0 Å². The van der Waals surface area contributed by atoms with E-state index in [0.717, 1.165) is 12.8 Å². The largest absolute Gasteiger partial charge is 0.381 e. The van der Waals surface area contributed by atoms with Crippen LogP contribution in [0, 0.1) is 5.82 Å². The molecule has 2 N–H and O–H groups in total. The van der Waals surface area contributed by atoms with Gasteiger partial charge in [-0.15, -0.1) is 0 Å². The molecule has 1 aliphatic rings. The number of halogens is 1. The number of carbonyl (C=O) groups excluding carboxylic acids is 1. The average molecular weight is 280 g/mol. The van der Waals surface area contributed by atoms with Gasteiger partial charge in [0.25, 0.3) is 0 Å². The Labute approximate surface area is 118 Å². The highest BCUT2D eigenvalue weighted by Gasteiger charge is 2.17. The summed E-state index contributed by atoms with van der Waals surface area (Å²) in [6.07, 6.45) is 1.71. The van der Waals surface area contributed by atoms with Crippen molar-refractivity contribution in [3.05, 3.63) is 35.6 Å². The SMILES string of the molecule is C[C@@H](NCC(=O)NC1CCOCC1)c1ccccc1F. The van der Waals surface area contributed by atoms with Crippen LogP contribution in [0.1, 0.15) is 31.4 Å². The number of ether oxygens (including phenoxy) is 1. The first-order valence-corrected chi connectivity index (χ1v) is 7.01. The first kappa shape index (κ1) is 14.9. The molecule has 1 fully saturated rings. The third-order valence-electron chi connectivity index (χ3n) is 3.53. The van der Waals surface area contributed by atoms with Gasteiger partial charge in [-0.2, -0.15) is 0 Å². The number of benzene rings is 1. The van der Waals surface area contributed by atoms with Gasteiger partial charge >= 0.3 is 0 Å². The number of nitrogens with one attached hydrogen (secondary N) is 2.